The average Bonchev–Trinajstić information content (AvgIpc) is 3.07. The van der Waals surface area contributed by atoms with Crippen LogP contribution in [0.3, 0.4) is 0 Å². The van der Waals surface area contributed by atoms with Gasteiger partial charge in [-0.1, -0.05) is 17.6 Å². The zero-order chi connectivity index (χ0) is 17.2. The standard InChI is InChI=1S/C17H14BN7/c18-13-1-2-16-12(5-13)7-21-17(24-16)23-15-4-11(3-14(19)6-15)8-25-10-20-9-22-25/h1-7,9-10H,8,19H2,(H,21,23,24). The van der Waals surface area contributed by atoms with Gasteiger partial charge in [-0.15, -0.1) is 0 Å². The summed E-state index contributed by atoms with van der Waals surface area (Å²) in [6.07, 6.45) is 4.90. The van der Waals surface area contributed by atoms with Crippen molar-refractivity contribution in [2.24, 2.45) is 0 Å². The predicted molar refractivity (Wildman–Crippen MR) is 98.2 cm³/mol. The minimum absolute atomic E-state index is 0.495. The number of nitrogens with two attached hydrogens (primary N) is 1. The first-order valence-corrected chi connectivity index (χ1v) is 7.67. The lowest BCUT2D eigenvalue weighted by Gasteiger charge is -2.10. The Hall–Kier alpha value is -3.42. The Balaban J connectivity index is 1.61. The van der Waals surface area contributed by atoms with Crippen LogP contribution in [0.2, 0.25) is 0 Å². The Bertz CT molecular complexity index is 1030. The van der Waals surface area contributed by atoms with Crippen LogP contribution in [-0.4, -0.2) is 32.6 Å². The van der Waals surface area contributed by atoms with Crippen molar-refractivity contribution in [1.82, 2.24) is 24.7 Å². The van der Waals surface area contributed by atoms with Gasteiger partial charge in [0, 0.05) is 23.0 Å². The number of benzene rings is 2. The summed E-state index contributed by atoms with van der Waals surface area (Å²) in [6.45, 7) is 0.581. The molecule has 25 heavy (non-hydrogen) atoms. The fourth-order valence-electron chi connectivity index (χ4n) is 2.62. The van der Waals surface area contributed by atoms with E-state index >= 15 is 0 Å². The van der Waals surface area contributed by atoms with Crippen LogP contribution in [0.15, 0.2) is 55.2 Å². The van der Waals surface area contributed by atoms with Crippen molar-refractivity contribution in [3.05, 3.63) is 60.8 Å². The molecule has 7 nitrogen and oxygen atoms in total. The van der Waals surface area contributed by atoms with Gasteiger partial charge in [0.15, 0.2) is 0 Å². The molecule has 0 bridgehead atoms. The Morgan fingerprint density at radius 2 is 2.08 bits per heavy atom. The van der Waals surface area contributed by atoms with E-state index in [1.54, 1.807) is 17.2 Å². The highest BCUT2D eigenvalue weighted by atomic mass is 15.3. The molecule has 4 aromatic rings. The molecule has 0 aliphatic carbocycles. The lowest BCUT2D eigenvalue weighted by atomic mass is 9.95. The van der Waals surface area contributed by atoms with Crippen molar-refractivity contribution >= 4 is 41.5 Å². The lowest BCUT2D eigenvalue weighted by Crippen LogP contribution is -2.04. The van der Waals surface area contributed by atoms with E-state index < -0.39 is 0 Å². The summed E-state index contributed by atoms with van der Waals surface area (Å²) in [4.78, 5) is 12.8. The minimum atomic E-state index is 0.495. The molecule has 2 aromatic heterocycles. The van der Waals surface area contributed by atoms with Gasteiger partial charge in [-0.3, -0.25) is 0 Å². The van der Waals surface area contributed by atoms with Crippen LogP contribution in [0.4, 0.5) is 17.3 Å². The molecule has 120 valence electrons. The van der Waals surface area contributed by atoms with Gasteiger partial charge in [0.2, 0.25) is 5.95 Å². The molecule has 0 aliphatic rings. The van der Waals surface area contributed by atoms with Gasteiger partial charge >= 0.3 is 0 Å². The number of nitrogen functional groups attached to an aromatic ring is 1. The zero-order valence-corrected chi connectivity index (χ0v) is 13.3. The monoisotopic (exact) mass is 327 g/mol. The highest BCUT2D eigenvalue weighted by molar-refractivity contribution is 6.33. The summed E-state index contributed by atoms with van der Waals surface area (Å²) in [7, 11) is 5.78. The molecule has 0 unspecified atom stereocenters. The van der Waals surface area contributed by atoms with E-state index in [9.17, 15) is 0 Å². The van der Waals surface area contributed by atoms with Crippen molar-refractivity contribution in [1.29, 1.82) is 0 Å². The largest absolute Gasteiger partial charge is 0.399 e. The summed E-state index contributed by atoms with van der Waals surface area (Å²) < 4.78 is 1.73. The fourth-order valence-corrected chi connectivity index (χ4v) is 2.62. The van der Waals surface area contributed by atoms with Gasteiger partial charge in [0.25, 0.3) is 0 Å². The van der Waals surface area contributed by atoms with E-state index in [4.69, 9.17) is 13.6 Å². The third kappa shape index (κ3) is 3.42. The Morgan fingerprint density at radius 1 is 1.16 bits per heavy atom. The van der Waals surface area contributed by atoms with Gasteiger partial charge in [0.05, 0.1) is 12.1 Å². The quantitative estimate of drug-likeness (QED) is 0.434. The number of hydrogen-bond donors (Lipinski definition) is 2. The van der Waals surface area contributed by atoms with E-state index in [0.717, 1.165) is 22.2 Å². The fraction of sp³-hybridized carbons (Fsp3) is 0.0588. The average molecular weight is 327 g/mol. The van der Waals surface area contributed by atoms with Crippen LogP contribution < -0.4 is 16.5 Å². The van der Waals surface area contributed by atoms with Crippen LogP contribution in [0.5, 0.6) is 0 Å². The lowest BCUT2D eigenvalue weighted by molar-refractivity contribution is 0.685. The van der Waals surface area contributed by atoms with Gasteiger partial charge in [-0.2, -0.15) is 5.10 Å². The van der Waals surface area contributed by atoms with Crippen LogP contribution >= 0.6 is 0 Å². The number of anilines is 3. The van der Waals surface area contributed by atoms with E-state index in [2.05, 4.69) is 25.4 Å². The molecule has 0 fully saturated rings. The highest BCUT2D eigenvalue weighted by Gasteiger charge is 2.05. The van der Waals surface area contributed by atoms with Crippen LogP contribution in [0.1, 0.15) is 5.56 Å². The Labute approximate surface area is 145 Å². The first kappa shape index (κ1) is 15.1. The normalized spacial score (nSPS) is 10.9. The van der Waals surface area contributed by atoms with E-state index in [1.165, 1.54) is 6.33 Å². The maximum atomic E-state index is 6.01. The molecule has 2 aromatic carbocycles. The number of hydrogen-bond acceptors (Lipinski definition) is 6. The summed E-state index contributed by atoms with van der Waals surface area (Å²) in [5.41, 5.74) is 9.97. The van der Waals surface area contributed by atoms with Crippen molar-refractivity contribution < 1.29 is 0 Å². The van der Waals surface area contributed by atoms with E-state index in [1.807, 2.05) is 36.4 Å². The van der Waals surface area contributed by atoms with Crippen molar-refractivity contribution in [3.8, 4) is 0 Å². The van der Waals surface area contributed by atoms with Gasteiger partial charge in [-0.25, -0.2) is 19.6 Å². The number of aromatic nitrogens is 5. The summed E-state index contributed by atoms with van der Waals surface area (Å²) in [5, 5.41) is 8.19. The zero-order valence-electron chi connectivity index (χ0n) is 13.3. The van der Waals surface area contributed by atoms with Crippen molar-refractivity contribution in [3.63, 3.8) is 0 Å². The Morgan fingerprint density at radius 3 is 2.92 bits per heavy atom. The maximum absolute atomic E-state index is 6.01. The first-order chi connectivity index (χ1) is 12.2. The van der Waals surface area contributed by atoms with Crippen molar-refractivity contribution in [2.75, 3.05) is 11.1 Å². The van der Waals surface area contributed by atoms with Crippen LogP contribution in [0.25, 0.3) is 10.9 Å². The molecular formula is C17H14BN7. The minimum Gasteiger partial charge on any atom is -0.399 e. The molecule has 2 heterocycles. The number of fused-ring (bicyclic) bond motifs is 1. The highest BCUT2D eigenvalue weighted by Crippen LogP contribution is 2.21. The predicted octanol–water partition coefficient (Wildman–Crippen LogP) is 1.39. The summed E-state index contributed by atoms with van der Waals surface area (Å²) in [6, 6.07) is 11.2. The number of rotatable bonds is 4. The van der Waals surface area contributed by atoms with Crippen LogP contribution in [0, 0.1) is 0 Å². The van der Waals surface area contributed by atoms with Crippen LogP contribution in [-0.2, 0) is 6.54 Å². The van der Waals surface area contributed by atoms with Gasteiger partial charge in [-0.05, 0) is 29.8 Å². The smallest absolute Gasteiger partial charge is 0.227 e. The molecule has 0 saturated carbocycles. The third-order valence-electron chi connectivity index (χ3n) is 3.69. The van der Waals surface area contributed by atoms with E-state index in [0.29, 0.717) is 23.6 Å². The van der Waals surface area contributed by atoms with Crippen molar-refractivity contribution in [2.45, 2.75) is 6.54 Å². The van der Waals surface area contributed by atoms with Gasteiger partial charge in [0.1, 0.15) is 20.5 Å². The van der Waals surface area contributed by atoms with E-state index in [-0.39, 0.29) is 0 Å². The molecule has 8 heteroatoms. The molecule has 0 saturated heterocycles. The molecule has 0 spiro atoms. The summed E-state index contributed by atoms with van der Waals surface area (Å²) in [5.74, 6) is 0.495. The molecule has 2 radical (unpaired) electrons. The molecule has 3 N–H and O–H groups in total. The second kappa shape index (κ2) is 6.24. The SMILES string of the molecule is [B]c1ccc2nc(Nc3cc(N)cc(Cn4cncn4)c3)ncc2c1. The molecule has 0 aliphatic heterocycles. The maximum Gasteiger partial charge on any atom is 0.227 e. The first-order valence-electron chi connectivity index (χ1n) is 7.67. The third-order valence-corrected chi connectivity index (χ3v) is 3.69. The molecular weight excluding hydrogens is 313 g/mol. The summed E-state index contributed by atoms with van der Waals surface area (Å²) >= 11 is 0. The molecule has 0 amide bonds. The molecule has 0 atom stereocenters. The molecule has 4 rings (SSSR count). The number of nitrogens with zero attached hydrogens (tertiary/aromatic N) is 5. The van der Waals surface area contributed by atoms with Gasteiger partial charge < -0.3 is 11.1 Å². The second-order valence-electron chi connectivity index (χ2n) is 5.69. The number of nitrogens with one attached hydrogen (secondary N) is 1. The topological polar surface area (TPSA) is 94.5 Å². The Kier molecular flexibility index (Phi) is 3.77. The second-order valence-corrected chi connectivity index (χ2v) is 5.69.